The molecule has 0 bridgehead atoms. The van der Waals surface area contributed by atoms with E-state index in [9.17, 15) is 14.9 Å². The first-order valence-corrected chi connectivity index (χ1v) is 8.39. The zero-order valence-corrected chi connectivity index (χ0v) is 15.5. The number of nitrogens with zero attached hydrogens (tertiary/aromatic N) is 5. The molecule has 0 fully saturated rings. The van der Waals surface area contributed by atoms with E-state index >= 15 is 0 Å². The van der Waals surface area contributed by atoms with Gasteiger partial charge in [-0.3, -0.25) is 14.9 Å². The zero-order valence-electron chi connectivity index (χ0n) is 15.5. The molecule has 0 atom stereocenters. The molecule has 0 radical (unpaired) electrons. The van der Waals surface area contributed by atoms with E-state index in [1.807, 2.05) is 19.9 Å². The van der Waals surface area contributed by atoms with Crippen molar-refractivity contribution in [3.05, 3.63) is 63.6 Å². The van der Waals surface area contributed by atoms with E-state index in [2.05, 4.69) is 20.4 Å². The number of ether oxygens (including phenoxy) is 1. The molecule has 10 heteroatoms. The van der Waals surface area contributed by atoms with Crippen LogP contribution in [0.15, 0.2) is 36.4 Å². The van der Waals surface area contributed by atoms with Crippen LogP contribution >= 0.6 is 0 Å². The van der Waals surface area contributed by atoms with Crippen LogP contribution in [-0.4, -0.2) is 37.2 Å². The van der Waals surface area contributed by atoms with Crippen LogP contribution in [0.1, 0.15) is 17.1 Å². The second kappa shape index (κ2) is 7.82. The Kier molecular flexibility index (Phi) is 5.30. The van der Waals surface area contributed by atoms with Crippen molar-refractivity contribution in [1.29, 1.82) is 0 Å². The highest BCUT2D eigenvalue weighted by Gasteiger charge is 2.17. The van der Waals surface area contributed by atoms with E-state index in [-0.39, 0.29) is 11.4 Å². The van der Waals surface area contributed by atoms with E-state index in [1.165, 1.54) is 22.9 Å². The van der Waals surface area contributed by atoms with Crippen molar-refractivity contribution in [2.75, 3.05) is 11.9 Å². The van der Waals surface area contributed by atoms with Gasteiger partial charge in [-0.05, 0) is 32.9 Å². The molecule has 10 nitrogen and oxygen atoms in total. The summed E-state index contributed by atoms with van der Waals surface area (Å²) < 4.78 is 6.74. The molecular formula is C18H18N6O4. The second-order valence-electron chi connectivity index (χ2n) is 6.10. The van der Waals surface area contributed by atoms with Gasteiger partial charge in [-0.1, -0.05) is 12.1 Å². The van der Waals surface area contributed by atoms with Gasteiger partial charge in [0.1, 0.15) is 5.82 Å². The number of nitro groups is 1. The van der Waals surface area contributed by atoms with Crippen molar-refractivity contribution in [2.24, 2.45) is 0 Å². The Morgan fingerprint density at radius 2 is 1.82 bits per heavy atom. The van der Waals surface area contributed by atoms with Crippen LogP contribution in [0.4, 0.5) is 11.5 Å². The number of nitro benzene ring substituents is 1. The van der Waals surface area contributed by atoms with Crippen LogP contribution in [0.25, 0.3) is 5.95 Å². The van der Waals surface area contributed by atoms with Crippen molar-refractivity contribution in [1.82, 2.24) is 19.7 Å². The number of benzene rings is 1. The number of para-hydroxylation sites is 2. The lowest BCUT2D eigenvalue weighted by Crippen LogP contribution is -2.22. The average molecular weight is 382 g/mol. The number of amides is 1. The molecule has 0 aliphatic rings. The summed E-state index contributed by atoms with van der Waals surface area (Å²) in [5, 5.41) is 18.0. The van der Waals surface area contributed by atoms with E-state index in [1.54, 1.807) is 19.1 Å². The van der Waals surface area contributed by atoms with E-state index in [0.717, 1.165) is 11.4 Å². The molecule has 0 unspecified atom stereocenters. The Labute approximate surface area is 160 Å². The molecule has 0 spiro atoms. The van der Waals surface area contributed by atoms with Gasteiger partial charge in [0.25, 0.3) is 11.9 Å². The quantitative estimate of drug-likeness (QED) is 0.513. The third-order valence-electron chi connectivity index (χ3n) is 3.68. The lowest BCUT2D eigenvalue weighted by molar-refractivity contribution is -0.385. The monoisotopic (exact) mass is 382 g/mol. The number of carbonyl (C=O) groups is 1. The maximum absolute atomic E-state index is 12.3. The number of hydrogen-bond acceptors (Lipinski definition) is 7. The first-order chi connectivity index (χ1) is 13.3. The number of aryl methyl sites for hydroxylation is 3. The fraction of sp³-hybridized carbons (Fsp3) is 0.222. The van der Waals surface area contributed by atoms with Crippen LogP contribution in [-0.2, 0) is 4.79 Å². The van der Waals surface area contributed by atoms with Gasteiger partial charge >= 0.3 is 5.69 Å². The lowest BCUT2D eigenvalue weighted by atomic mass is 10.3. The molecule has 1 N–H and O–H groups in total. The van der Waals surface area contributed by atoms with Gasteiger partial charge in [-0.2, -0.15) is 9.78 Å². The van der Waals surface area contributed by atoms with Gasteiger partial charge in [0, 0.05) is 23.5 Å². The van der Waals surface area contributed by atoms with Gasteiger partial charge in [0.05, 0.1) is 10.6 Å². The third kappa shape index (κ3) is 4.29. The first-order valence-electron chi connectivity index (χ1n) is 8.39. The molecule has 144 valence electrons. The Balaban J connectivity index is 1.76. The largest absolute Gasteiger partial charge is 0.477 e. The lowest BCUT2D eigenvalue weighted by Gasteiger charge is -2.10. The topological polar surface area (TPSA) is 125 Å². The Morgan fingerprint density at radius 3 is 2.50 bits per heavy atom. The molecule has 0 saturated carbocycles. The van der Waals surface area contributed by atoms with Gasteiger partial charge in [0.15, 0.2) is 12.4 Å². The molecule has 2 aromatic heterocycles. The number of aromatic nitrogens is 4. The third-order valence-corrected chi connectivity index (χ3v) is 3.68. The van der Waals surface area contributed by atoms with Crippen LogP contribution in [0.2, 0.25) is 0 Å². The standard InChI is InChI=1S/C18H18N6O4/c1-11-8-12(2)20-18(19-11)23-16(9-13(3)22-23)21-17(25)10-28-15-7-5-4-6-14(15)24(26)27/h4-9H,10H2,1-3H3,(H,21,25). The molecule has 0 aliphatic carbocycles. The highest BCUT2D eigenvalue weighted by molar-refractivity contribution is 5.91. The predicted molar refractivity (Wildman–Crippen MR) is 101 cm³/mol. The molecule has 3 aromatic rings. The van der Waals surface area contributed by atoms with Gasteiger partial charge in [0.2, 0.25) is 0 Å². The van der Waals surface area contributed by atoms with E-state index in [0.29, 0.717) is 17.5 Å². The molecular weight excluding hydrogens is 364 g/mol. The minimum absolute atomic E-state index is 0.0185. The number of nitrogens with one attached hydrogen (secondary N) is 1. The minimum Gasteiger partial charge on any atom is -0.477 e. The summed E-state index contributed by atoms with van der Waals surface area (Å²) in [7, 11) is 0. The molecule has 2 heterocycles. The molecule has 0 aliphatic heterocycles. The second-order valence-corrected chi connectivity index (χ2v) is 6.10. The highest BCUT2D eigenvalue weighted by atomic mass is 16.6. The summed E-state index contributed by atoms with van der Waals surface area (Å²) in [4.78, 5) is 31.4. The van der Waals surface area contributed by atoms with Crippen molar-refractivity contribution < 1.29 is 14.5 Å². The molecule has 3 rings (SSSR count). The summed E-state index contributed by atoms with van der Waals surface area (Å²) in [6.07, 6.45) is 0. The summed E-state index contributed by atoms with van der Waals surface area (Å²) in [6, 6.07) is 9.36. The minimum atomic E-state index is -0.566. The van der Waals surface area contributed by atoms with Crippen LogP contribution in [0, 0.1) is 30.9 Å². The van der Waals surface area contributed by atoms with Crippen LogP contribution in [0.5, 0.6) is 5.75 Å². The molecule has 0 saturated heterocycles. The summed E-state index contributed by atoms with van der Waals surface area (Å²) in [5.74, 6) is 0.229. The van der Waals surface area contributed by atoms with Crippen molar-refractivity contribution in [3.8, 4) is 11.7 Å². The van der Waals surface area contributed by atoms with E-state index in [4.69, 9.17) is 4.74 Å². The van der Waals surface area contributed by atoms with Gasteiger partial charge in [-0.15, -0.1) is 0 Å². The van der Waals surface area contributed by atoms with Gasteiger partial charge < -0.3 is 10.1 Å². The van der Waals surface area contributed by atoms with Crippen molar-refractivity contribution in [2.45, 2.75) is 20.8 Å². The predicted octanol–water partition coefficient (Wildman–Crippen LogP) is 2.51. The van der Waals surface area contributed by atoms with Crippen LogP contribution in [0.3, 0.4) is 0 Å². The number of anilines is 1. The van der Waals surface area contributed by atoms with Crippen molar-refractivity contribution in [3.63, 3.8) is 0 Å². The normalized spacial score (nSPS) is 10.5. The average Bonchev–Trinajstić information content (AvgIpc) is 2.99. The smallest absolute Gasteiger partial charge is 0.310 e. The molecule has 1 aromatic carbocycles. The van der Waals surface area contributed by atoms with Gasteiger partial charge in [-0.25, -0.2) is 9.97 Å². The highest BCUT2D eigenvalue weighted by Crippen LogP contribution is 2.25. The van der Waals surface area contributed by atoms with Crippen molar-refractivity contribution >= 4 is 17.4 Å². The Bertz CT molecular complexity index is 1030. The number of hydrogen-bond donors (Lipinski definition) is 1. The first kappa shape index (κ1) is 19.0. The Morgan fingerprint density at radius 1 is 1.14 bits per heavy atom. The summed E-state index contributed by atoms with van der Waals surface area (Å²) in [5.41, 5.74) is 2.00. The fourth-order valence-corrected chi connectivity index (χ4v) is 2.60. The number of rotatable bonds is 6. The van der Waals surface area contributed by atoms with E-state index < -0.39 is 17.4 Å². The SMILES string of the molecule is Cc1cc(C)nc(-n2nc(C)cc2NC(=O)COc2ccccc2[N+](=O)[O-])n1. The van der Waals surface area contributed by atoms with Crippen LogP contribution < -0.4 is 10.1 Å². The maximum atomic E-state index is 12.3. The zero-order chi connectivity index (χ0) is 20.3. The fourth-order valence-electron chi connectivity index (χ4n) is 2.60. The number of carbonyl (C=O) groups excluding carboxylic acids is 1. The summed E-state index contributed by atoms with van der Waals surface area (Å²) in [6.45, 7) is 5.06. The Hall–Kier alpha value is -3.82. The molecule has 28 heavy (non-hydrogen) atoms. The summed E-state index contributed by atoms with van der Waals surface area (Å²) >= 11 is 0. The maximum Gasteiger partial charge on any atom is 0.310 e. The molecule has 1 amide bonds.